The van der Waals surface area contributed by atoms with Gasteiger partial charge in [-0.1, -0.05) is 35.3 Å². The van der Waals surface area contributed by atoms with Gasteiger partial charge in [0.2, 0.25) is 5.91 Å². The fourth-order valence-corrected chi connectivity index (χ4v) is 3.71. The summed E-state index contributed by atoms with van der Waals surface area (Å²) in [6.07, 6.45) is 5.17. The van der Waals surface area contributed by atoms with Crippen LogP contribution in [0.4, 0.5) is 0 Å². The second-order valence-electron chi connectivity index (χ2n) is 6.37. The lowest BCUT2D eigenvalue weighted by Gasteiger charge is -2.23. The Bertz CT molecular complexity index is 946. The molecule has 0 saturated carbocycles. The van der Waals surface area contributed by atoms with Gasteiger partial charge in [0, 0.05) is 42.3 Å². The summed E-state index contributed by atoms with van der Waals surface area (Å²) in [5.74, 6) is -0.0759. The molecule has 2 aromatic heterocycles. The van der Waals surface area contributed by atoms with E-state index in [1.54, 1.807) is 17.1 Å². The number of imidazole rings is 1. The lowest BCUT2D eigenvalue weighted by molar-refractivity contribution is -0.126. The van der Waals surface area contributed by atoms with Crippen molar-refractivity contribution >= 4 is 51.5 Å². The second-order valence-corrected chi connectivity index (χ2v) is 8.03. The van der Waals surface area contributed by atoms with Crippen LogP contribution in [0.15, 0.2) is 41.9 Å². The van der Waals surface area contributed by atoms with E-state index in [4.69, 9.17) is 23.2 Å². The standard InChI is InChI=1S/C19H20Cl2N4OS/c1-23(2)9-10-24(13-14-3-5-15(20)6-4-14)17(26)8-7-16-18(21)22-19-25(16)11-12-27-19/h3-8,11-12H,9-10,13H2,1-2H3/b8-7+. The van der Waals surface area contributed by atoms with Crippen molar-refractivity contribution in [3.63, 3.8) is 0 Å². The van der Waals surface area contributed by atoms with Gasteiger partial charge >= 0.3 is 0 Å². The van der Waals surface area contributed by atoms with E-state index in [-0.39, 0.29) is 5.91 Å². The van der Waals surface area contributed by atoms with Gasteiger partial charge in [0.25, 0.3) is 0 Å². The van der Waals surface area contributed by atoms with Gasteiger partial charge < -0.3 is 9.80 Å². The van der Waals surface area contributed by atoms with E-state index in [2.05, 4.69) is 9.88 Å². The molecule has 0 aliphatic carbocycles. The number of hydrogen-bond acceptors (Lipinski definition) is 4. The lowest BCUT2D eigenvalue weighted by atomic mass is 10.2. The highest BCUT2D eigenvalue weighted by molar-refractivity contribution is 7.15. The Hall–Kier alpha value is -1.86. The van der Waals surface area contributed by atoms with Crippen LogP contribution in [0.1, 0.15) is 11.3 Å². The van der Waals surface area contributed by atoms with E-state index in [1.807, 2.05) is 54.3 Å². The molecule has 142 valence electrons. The van der Waals surface area contributed by atoms with Crippen LogP contribution in [0.5, 0.6) is 0 Å². The molecule has 2 heterocycles. The Morgan fingerprint density at radius 1 is 1.22 bits per heavy atom. The molecule has 3 rings (SSSR count). The van der Waals surface area contributed by atoms with Crippen LogP contribution < -0.4 is 0 Å². The van der Waals surface area contributed by atoms with E-state index in [0.29, 0.717) is 29.0 Å². The van der Waals surface area contributed by atoms with E-state index in [9.17, 15) is 4.79 Å². The third-order valence-electron chi connectivity index (χ3n) is 4.05. The Labute approximate surface area is 172 Å². The van der Waals surface area contributed by atoms with Crippen molar-refractivity contribution in [1.82, 2.24) is 19.2 Å². The number of nitrogens with zero attached hydrogens (tertiary/aromatic N) is 4. The van der Waals surface area contributed by atoms with Crippen LogP contribution >= 0.6 is 34.5 Å². The van der Waals surface area contributed by atoms with Gasteiger partial charge in [-0.3, -0.25) is 9.20 Å². The molecule has 0 N–H and O–H groups in total. The zero-order valence-electron chi connectivity index (χ0n) is 15.1. The first kappa shape index (κ1) is 19.9. The fourth-order valence-electron chi connectivity index (χ4n) is 2.58. The molecule has 0 bridgehead atoms. The number of rotatable bonds is 7. The number of carbonyl (C=O) groups excluding carboxylic acids is 1. The summed E-state index contributed by atoms with van der Waals surface area (Å²) in [5.41, 5.74) is 1.74. The predicted octanol–water partition coefficient (Wildman–Crippen LogP) is 4.31. The van der Waals surface area contributed by atoms with Crippen LogP contribution in [0, 0.1) is 0 Å². The van der Waals surface area contributed by atoms with E-state index < -0.39 is 0 Å². The summed E-state index contributed by atoms with van der Waals surface area (Å²) >= 11 is 13.7. The summed E-state index contributed by atoms with van der Waals surface area (Å²) in [5, 5.41) is 3.00. The predicted molar refractivity (Wildman–Crippen MR) is 113 cm³/mol. The van der Waals surface area contributed by atoms with E-state index in [1.165, 1.54) is 11.3 Å². The maximum absolute atomic E-state index is 12.8. The largest absolute Gasteiger partial charge is 0.334 e. The van der Waals surface area contributed by atoms with Gasteiger partial charge in [0.05, 0.1) is 5.69 Å². The van der Waals surface area contributed by atoms with E-state index in [0.717, 1.165) is 17.1 Å². The number of amides is 1. The molecular formula is C19H20Cl2N4OS. The summed E-state index contributed by atoms with van der Waals surface area (Å²) in [4.78, 5) is 21.8. The van der Waals surface area contributed by atoms with Gasteiger partial charge in [-0.05, 0) is 37.9 Å². The summed E-state index contributed by atoms with van der Waals surface area (Å²) in [6, 6.07) is 7.54. The normalized spacial score (nSPS) is 11.7. The third kappa shape index (κ3) is 5.11. The minimum absolute atomic E-state index is 0.0759. The Morgan fingerprint density at radius 3 is 2.67 bits per heavy atom. The molecule has 8 heteroatoms. The number of benzene rings is 1. The number of halogens is 2. The van der Waals surface area contributed by atoms with Gasteiger partial charge in [0.15, 0.2) is 10.1 Å². The second kappa shape index (κ2) is 8.89. The molecule has 0 fully saturated rings. The highest BCUT2D eigenvalue weighted by Crippen LogP contribution is 2.22. The number of carbonyl (C=O) groups is 1. The maximum atomic E-state index is 12.8. The first-order valence-electron chi connectivity index (χ1n) is 8.41. The molecule has 0 aliphatic heterocycles. The van der Waals surface area contributed by atoms with Crippen molar-refractivity contribution in [2.45, 2.75) is 6.54 Å². The van der Waals surface area contributed by atoms with Crippen molar-refractivity contribution in [3.8, 4) is 0 Å². The SMILES string of the molecule is CN(C)CCN(Cc1ccc(Cl)cc1)C(=O)/C=C/c1c(Cl)nc2sccn12. The average molecular weight is 423 g/mol. The van der Waals surface area contributed by atoms with E-state index >= 15 is 0 Å². The van der Waals surface area contributed by atoms with Gasteiger partial charge in [0.1, 0.15) is 0 Å². The molecule has 1 amide bonds. The van der Waals surface area contributed by atoms with Gasteiger partial charge in [-0.25, -0.2) is 4.98 Å². The number of thiazole rings is 1. The van der Waals surface area contributed by atoms with Crippen molar-refractivity contribution in [2.24, 2.45) is 0 Å². The zero-order valence-corrected chi connectivity index (χ0v) is 17.4. The Morgan fingerprint density at radius 2 is 1.96 bits per heavy atom. The molecule has 0 saturated heterocycles. The monoisotopic (exact) mass is 422 g/mol. The third-order valence-corrected chi connectivity index (χ3v) is 5.34. The lowest BCUT2D eigenvalue weighted by Crippen LogP contribution is -2.35. The van der Waals surface area contributed by atoms with Gasteiger partial charge in [-0.2, -0.15) is 0 Å². The number of fused-ring (bicyclic) bond motifs is 1. The first-order valence-corrected chi connectivity index (χ1v) is 10.0. The smallest absolute Gasteiger partial charge is 0.246 e. The minimum Gasteiger partial charge on any atom is -0.334 e. The highest BCUT2D eigenvalue weighted by atomic mass is 35.5. The first-order chi connectivity index (χ1) is 12.9. The number of aromatic nitrogens is 2. The summed E-state index contributed by atoms with van der Waals surface area (Å²) in [6.45, 7) is 1.91. The quantitative estimate of drug-likeness (QED) is 0.532. The molecular weight excluding hydrogens is 403 g/mol. The molecule has 5 nitrogen and oxygen atoms in total. The minimum atomic E-state index is -0.0759. The zero-order chi connectivity index (χ0) is 19.4. The molecule has 1 aromatic carbocycles. The topological polar surface area (TPSA) is 40.8 Å². The van der Waals surface area contributed by atoms with Crippen LogP contribution in [-0.4, -0.2) is 52.3 Å². The van der Waals surface area contributed by atoms with Crippen LogP contribution in [0.3, 0.4) is 0 Å². The van der Waals surface area contributed by atoms with Crippen molar-refractivity contribution < 1.29 is 4.79 Å². The molecule has 0 unspecified atom stereocenters. The van der Waals surface area contributed by atoms with Crippen LogP contribution in [-0.2, 0) is 11.3 Å². The molecule has 0 aliphatic rings. The maximum Gasteiger partial charge on any atom is 0.246 e. The van der Waals surface area contributed by atoms with Crippen molar-refractivity contribution in [1.29, 1.82) is 0 Å². The molecule has 0 spiro atoms. The van der Waals surface area contributed by atoms with Crippen molar-refractivity contribution in [3.05, 3.63) is 63.4 Å². The van der Waals surface area contributed by atoms with Crippen LogP contribution in [0.2, 0.25) is 10.2 Å². The molecule has 27 heavy (non-hydrogen) atoms. The fraction of sp³-hybridized carbons (Fsp3) is 0.263. The molecule has 0 radical (unpaired) electrons. The Kier molecular flexibility index (Phi) is 6.55. The number of hydrogen-bond donors (Lipinski definition) is 0. The van der Waals surface area contributed by atoms with Gasteiger partial charge in [-0.15, -0.1) is 11.3 Å². The highest BCUT2D eigenvalue weighted by Gasteiger charge is 2.14. The molecule has 0 atom stereocenters. The Balaban J connectivity index is 1.77. The number of likely N-dealkylation sites (N-methyl/N-ethyl adjacent to an activating group) is 1. The molecule has 3 aromatic rings. The van der Waals surface area contributed by atoms with Crippen LogP contribution in [0.25, 0.3) is 11.0 Å². The van der Waals surface area contributed by atoms with Crippen molar-refractivity contribution in [2.75, 3.05) is 27.2 Å². The summed E-state index contributed by atoms with van der Waals surface area (Å²) < 4.78 is 1.88. The summed E-state index contributed by atoms with van der Waals surface area (Å²) in [7, 11) is 3.97. The average Bonchev–Trinajstić information content (AvgIpc) is 3.18.